The molecule has 8 atom stereocenters. The van der Waals surface area contributed by atoms with Gasteiger partial charge in [-0.2, -0.15) is 0 Å². The van der Waals surface area contributed by atoms with Crippen molar-refractivity contribution in [1.29, 1.82) is 0 Å². The second-order valence-electron chi connectivity index (χ2n) is 12.3. The van der Waals surface area contributed by atoms with E-state index in [1.165, 1.54) is 12.8 Å². The van der Waals surface area contributed by atoms with Gasteiger partial charge in [-0.05, 0) is 74.0 Å². The number of fused-ring (bicyclic) bond motifs is 4. The minimum absolute atomic E-state index is 0.00844. The predicted molar refractivity (Wildman–Crippen MR) is 114 cm³/mol. The second-order valence-corrected chi connectivity index (χ2v) is 12.3. The largest absolute Gasteiger partial charge is 0.461 e. The molecule has 0 aromatic carbocycles. The van der Waals surface area contributed by atoms with E-state index < -0.39 is 5.92 Å². The number of aliphatic hydroxyl groups excluding tert-OH is 1. The van der Waals surface area contributed by atoms with Crippen molar-refractivity contribution in [2.24, 2.45) is 45.3 Å². The summed E-state index contributed by atoms with van der Waals surface area (Å²) >= 11 is 0. The molecular weight excluding hydrogens is 376 g/mol. The normalized spacial score (nSPS) is 51.2. The Hall–Kier alpha value is -1.16. The summed E-state index contributed by atoms with van der Waals surface area (Å²) in [4.78, 5) is 25.4. The zero-order valence-corrected chi connectivity index (χ0v) is 19.3. The summed E-state index contributed by atoms with van der Waals surface area (Å²) in [7, 11) is 0. The molecule has 1 saturated heterocycles. The third-order valence-corrected chi connectivity index (χ3v) is 11.0. The molecule has 0 aromatic rings. The van der Waals surface area contributed by atoms with Crippen LogP contribution in [0.1, 0.15) is 79.6 Å². The van der Waals surface area contributed by atoms with Gasteiger partial charge < -0.3 is 9.84 Å². The maximum atomic E-state index is 13.1. The Morgan fingerprint density at radius 1 is 1.13 bits per heavy atom. The molecule has 1 heterocycles. The maximum Gasteiger partial charge on any atom is 0.314 e. The first-order valence-electron chi connectivity index (χ1n) is 12.0. The van der Waals surface area contributed by atoms with Crippen LogP contribution in [0.5, 0.6) is 0 Å². The summed E-state index contributed by atoms with van der Waals surface area (Å²) in [5.41, 5.74) is 0.583. The number of Topliss-reactive ketones (excluding diaryl/α,β-unsaturated/α-hetero) is 1. The smallest absolute Gasteiger partial charge is 0.314 e. The maximum absolute atomic E-state index is 13.1. The van der Waals surface area contributed by atoms with E-state index in [2.05, 4.69) is 33.8 Å². The minimum atomic E-state index is -0.415. The molecule has 1 aliphatic heterocycles. The summed E-state index contributed by atoms with van der Waals surface area (Å²) in [5, 5.41) is 10.9. The van der Waals surface area contributed by atoms with Crippen LogP contribution < -0.4 is 0 Å². The molecule has 30 heavy (non-hydrogen) atoms. The van der Waals surface area contributed by atoms with E-state index in [1.54, 1.807) is 6.92 Å². The van der Waals surface area contributed by atoms with Crippen molar-refractivity contribution >= 4 is 11.8 Å². The van der Waals surface area contributed by atoms with Gasteiger partial charge in [0.2, 0.25) is 0 Å². The summed E-state index contributed by atoms with van der Waals surface area (Å²) in [5.74, 6) is 0.578. The van der Waals surface area contributed by atoms with Gasteiger partial charge in [0.1, 0.15) is 6.10 Å². The van der Waals surface area contributed by atoms with Gasteiger partial charge in [-0.3, -0.25) is 9.59 Å². The fraction of sp³-hybridized carbons (Fsp3) is 0.846. The molecular formula is C26H38O4. The number of rotatable bonds is 2. The molecule has 3 saturated carbocycles. The van der Waals surface area contributed by atoms with Gasteiger partial charge in [0, 0.05) is 23.0 Å². The number of carbonyl (C=O) groups is 2. The summed E-state index contributed by atoms with van der Waals surface area (Å²) in [6.45, 7) is 11.3. The van der Waals surface area contributed by atoms with E-state index in [0.29, 0.717) is 23.3 Å². The molecule has 0 spiro atoms. The lowest BCUT2D eigenvalue weighted by molar-refractivity contribution is -0.231. The Bertz CT molecular complexity index is 827. The minimum Gasteiger partial charge on any atom is -0.461 e. The fourth-order valence-corrected chi connectivity index (χ4v) is 9.72. The Morgan fingerprint density at radius 3 is 2.53 bits per heavy atom. The average Bonchev–Trinajstić information content (AvgIpc) is 2.93. The van der Waals surface area contributed by atoms with Crippen LogP contribution in [0, 0.1) is 45.3 Å². The van der Waals surface area contributed by atoms with Crippen molar-refractivity contribution in [3.63, 3.8) is 0 Å². The van der Waals surface area contributed by atoms with Gasteiger partial charge >= 0.3 is 5.97 Å². The number of carbonyl (C=O) groups excluding carboxylic acids is 2. The Balaban J connectivity index is 1.64. The van der Waals surface area contributed by atoms with Crippen LogP contribution in [0.15, 0.2) is 11.6 Å². The molecule has 5 rings (SSSR count). The molecule has 166 valence electrons. The molecule has 4 aliphatic carbocycles. The SMILES string of the molecule is CC(=O)C1=CCC2C3(C)CCC4C(C)(C)CCCC4(CO)C3CC3OC(=O)C1C32C. The molecule has 4 nitrogen and oxygen atoms in total. The van der Waals surface area contributed by atoms with Gasteiger partial charge in [-0.1, -0.05) is 40.2 Å². The zero-order chi connectivity index (χ0) is 21.7. The second kappa shape index (κ2) is 6.21. The highest BCUT2D eigenvalue weighted by atomic mass is 16.6. The highest BCUT2D eigenvalue weighted by Gasteiger charge is 2.73. The van der Waals surface area contributed by atoms with Crippen molar-refractivity contribution in [3.8, 4) is 0 Å². The number of hydrogen-bond acceptors (Lipinski definition) is 4. The fourth-order valence-electron chi connectivity index (χ4n) is 9.72. The van der Waals surface area contributed by atoms with Crippen LogP contribution in [-0.2, 0) is 14.3 Å². The number of hydrogen-bond donors (Lipinski definition) is 1. The molecule has 1 N–H and O–H groups in total. The summed E-state index contributed by atoms with van der Waals surface area (Å²) in [6, 6.07) is 0. The lowest BCUT2D eigenvalue weighted by atomic mass is 9.35. The Morgan fingerprint density at radius 2 is 1.87 bits per heavy atom. The standard InChI is InChI=1S/C26H38O4/c1-15(28)16-7-8-18-24(4)12-9-17-23(2,3)10-6-11-26(17,14-27)19(24)13-20-25(18,5)21(16)22(29)30-20/h7,17-21,27H,6,8-14H2,1-5H3. The van der Waals surface area contributed by atoms with Gasteiger partial charge in [0.25, 0.3) is 0 Å². The number of esters is 1. The van der Waals surface area contributed by atoms with Gasteiger partial charge in [-0.25, -0.2) is 0 Å². The molecule has 0 bridgehead atoms. The van der Waals surface area contributed by atoms with E-state index in [4.69, 9.17) is 4.74 Å². The molecule has 8 unspecified atom stereocenters. The van der Waals surface area contributed by atoms with Crippen LogP contribution >= 0.6 is 0 Å². The summed E-state index contributed by atoms with van der Waals surface area (Å²) in [6.07, 6.45) is 9.37. The van der Waals surface area contributed by atoms with Gasteiger partial charge in [0.05, 0.1) is 5.92 Å². The van der Waals surface area contributed by atoms with E-state index in [1.807, 2.05) is 0 Å². The zero-order valence-electron chi connectivity index (χ0n) is 19.3. The van der Waals surface area contributed by atoms with E-state index in [0.717, 1.165) is 32.1 Å². The predicted octanol–water partition coefficient (Wildman–Crippen LogP) is 4.69. The van der Waals surface area contributed by atoms with E-state index in [9.17, 15) is 14.7 Å². The first-order chi connectivity index (χ1) is 14.0. The number of aliphatic hydroxyl groups is 1. The quantitative estimate of drug-likeness (QED) is 0.666. The number of ether oxygens (including phenoxy) is 1. The highest BCUT2D eigenvalue weighted by Crippen LogP contribution is 2.74. The third-order valence-electron chi connectivity index (χ3n) is 11.0. The number of ketones is 1. The van der Waals surface area contributed by atoms with Crippen LogP contribution in [0.2, 0.25) is 0 Å². The lowest BCUT2D eigenvalue weighted by Crippen LogP contribution is -2.66. The van der Waals surface area contributed by atoms with Crippen LogP contribution in [-0.4, -0.2) is 29.6 Å². The lowest BCUT2D eigenvalue weighted by Gasteiger charge is -2.69. The van der Waals surface area contributed by atoms with Crippen LogP contribution in [0.25, 0.3) is 0 Å². The first kappa shape index (κ1) is 20.7. The Kier molecular flexibility index (Phi) is 4.29. The third kappa shape index (κ3) is 2.27. The van der Waals surface area contributed by atoms with Gasteiger partial charge in [-0.15, -0.1) is 0 Å². The molecule has 0 amide bonds. The molecule has 4 fully saturated rings. The summed E-state index contributed by atoms with van der Waals surface area (Å²) < 4.78 is 6.06. The highest BCUT2D eigenvalue weighted by molar-refractivity contribution is 6.00. The average molecular weight is 415 g/mol. The van der Waals surface area contributed by atoms with Crippen molar-refractivity contribution in [1.82, 2.24) is 0 Å². The van der Waals surface area contributed by atoms with Crippen molar-refractivity contribution in [3.05, 3.63) is 11.6 Å². The first-order valence-corrected chi connectivity index (χ1v) is 12.0. The topological polar surface area (TPSA) is 63.6 Å². The van der Waals surface area contributed by atoms with E-state index >= 15 is 0 Å². The molecule has 0 aromatic heterocycles. The van der Waals surface area contributed by atoms with Crippen molar-refractivity contribution < 1.29 is 19.4 Å². The van der Waals surface area contributed by atoms with Crippen LogP contribution in [0.3, 0.4) is 0 Å². The molecule has 5 aliphatic rings. The monoisotopic (exact) mass is 414 g/mol. The molecule has 4 heteroatoms. The molecule has 0 radical (unpaired) electrons. The van der Waals surface area contributed by atoms with E-state index in [-0.39, 0.29) is 46.1 Å². The number of allylic oxidation sites excluding steroid dienone is 1. The van der Waals surface area contributed by atoms with Crippen molar-refractivity contribution in [2.75, 3.05) is 6.61 Å². The van der Waals surface area contributed by atoms with Gasteiger partial charge in [0.15, 0.2) is 5.78 Å². The van der Waals surface area contributed by atoms with Crippen molar-refractivity contribution in [2.45, 2.75) is 85.7 Å². The van der Waals surface area contributed by atoms with Crippen LogP contribution in [0.4, 0.5) is 0 Å². The Labute approximate surface area is 180 Å².